The van der Waals surface area contributed by atoms with E-state index in [1.54, 1.807) is 0 Å². The summed E-state index contributed by atoms with van der Waals surface area (Å²) in [6, 6.07) is 14.9. The molecule has 1 atom stereocenters. The van der Waals surface area contributed by atoms with Crippen LogP contribution in [0.25, 0.3) is 0 Å². The molecule has 0 aliphatic carbocycles. The fraction of sp³-hybridized carbons (Fsp3) is 0.278. The van der Waals surface area contributed by atoms with Gasteiger partial charge in [-0.1, -0.05) is 59.6 Å². The lowest BCUT2D eigenvalue weighted by Crippen LogP contribution is -2.42. The number of amides is 1. The first-order chi connectivity index (χ1) is 11.0. The summed E-state index contributed by atoms with van der Waals surface area (Å²) in [6.07, 6.45) is 0. The molecule has 0 fully saturated rings. The molecule has 0 radical (unpaired) electrons. The zero-order chi connectivity index (χ0) is 16.8. The number of nitrogens with one attached hydrogen (secondary N) is 1. The third kappa shape index (κ3) is 4.96. The van der Waals surface area contributed by atoms with Crippen LogP contribution in [0.1, 0.15) is 18.1 Å². The van der Waals surface area contributed by atoms with Gasteiger partial charge in [0.15, 0.2) is 0 Å². The minimum absolute atomic E-state index is 0.0422. The second-order valence-electron chi connectivity index (χ2n) is 5.49. The Labute approximate surface area is 147 Å². The van der Waals surface area contributed by atoms with E-state index in [1.807, 2.05) is 67.4 Å². The summed E-state index contributed by atoms with van der Waals surface area (Å²) in [5.74, 6) is -0.0422. The topological polar surface area (TPSA) is 32.3 Å². The van der Waals surface area contributed by atoms with E-state index in [1.165, 1.54) is 0 Å². The Hall–Kier alpha value is -1.55. The summed E-state index contributed by atoms with van der Waals surface area (Å²) in [5.41, 5.74) is 1.91. The van der Waals surface area contributed by atoms with Gasteiger partial charge in [0.25, 0.3) is 0 Å². The van der Waals surface area contributed by atoms with Crippen molar-refractivity contribution in [2.75, 3.05) is 7.05 Å². The zero-order valence-corrected chi connectivity index (χ0v) is 14.7. The highest BCUT2D eigenvalue weighted by Crippen LogP contribution is 2.18. The van der Waals surface area contributed by atoms with Crippen molar-refractivity contribution < 1.29 is 4.79 Å². The third-order valence-electron chi connectivity index (χ3n) is 3.83. The Morgan fingerprint density at radius 2 is 1.57 bits per heavy atom. The average Bonchev–Trinajstić information content (AvgIpc) is 2.55. The van der Waals surface area contributed by atoms with Gasteiger partial charge < -0.3 is 5.32 Å². The van der Waals surface area contributed by atoms with Crippen LogP contribution in [0.4, 0.5) is 0 Å². The van der Waals surface area contributed by atoms with Crippen LogP contribution in [-0.2, 0) is 17.9 Å². The smallest absolute Gasteiger partial charge is 0.237 e. The van der Waals surface area contributed by atoms with E-state index in [0.717, 1.165) is 11.1 Å². The van der Waals surface area contributed by atoms with Gasteiger partial charge in [0.1, 0.15) is 0 Å². The van der Waals surface area contributed by atoms with Gasteiger partial charge in [0.2, 0.25) is 5.91 Å². The molecule has 0 aliphatic heterocycles. The lowest BCUT2D eigenvalue weighted by molar-refractivity contribution is -0.125. The maximum atomic E-state index is 12.3. The van der Waals surface area contributed by atoms with Gasteiger partial charge in [-0.3, -0.25) is 9.69 Å². The number of benzene rings is 2. The monoisotopic (exact) mass is 350 g/mol. The largest absolute Gasteiger partial charge is 0.351 e. The van der Waals surface area contributed by atoms with Crippen LogP contribution in [0.3, 0.4) is 0 Å². The minimum atomic E-state index is -0.270. The Balaban J connectivity index is 1.91. The molecule has 2 aromatic carbocycles. The Morgan fingerprint density at radius 1 is 1.04 bits per heavy atom. The molecule has 0 saturated carbocycles. The average molecular weight is 351 g/mol. The maximum absolute atomic E-state index is 12.3. The van der Waals surface area contributed by atoms with Gasteiger partial charge in [-0.25, -0.2) is 0 Å². The molecule has 3 nitrogen and oxygen atoms in total. The fourth-order valence-corrected chi connectivity index (χ4v) is 2.60. The molecular formula is C18H20Cl2N2O. The van der Waals surface area contributed by atoms with Crippen LogP contribution in [0, 0.1) is 0 Å². The molecule has 5 heteroatoms. The molecule has 23 heavy (non-hydrogen) atoms. The van der Waals surface area contributed by atoms with E-state index in [0.29, 0.717) is 23.1 Å². The molecule has 1 unspecified atom stereocenters. The Kier molecular flexibility index (Phi) is 6.46. The molecule has 1 amide bonds. The van der Waals surface area contributed by atoms with Crippen molar-refractivity contribution in [3.8, 4) is 0 Å². The fourth-order valence-electron chi connectivity index (χ4n) is 2.20. The van der Waals surface area contributed by atoms with Gasteiger partial charge in [-0.15, -0.1) is 0 Å². The van der Waals surface area contributed by atoms with Crippen molar-refractivity contribution in [2.24, 2.45) is 0 Å². The van der Waals surface area contributed by atoms with Crippen LogP contribution < -0.4 is 5.32 Å². The molecule has 0 spiro atoms. The lowest BCUT2D eigenvalue weighted by atomic mass is 10.1. The second-order valence-corrected chi connectivity index (χ2v) is 6.31. The number of likely N-dealkylation sites (N-methyl/N-ethyl adjacent to an activating group) is 1. The van der Waals surface area contributed by atoms with Gasteiger partial charge >= 0.3 is 0 Å². The molecular weight excluding hydrogens is 331 g/mol. The number of carbonyl (C=O) groups excluding carboxylic acids is 1. The number of hydrogen-bond acceptors (Lipinski definition) is 2. The standard InChI is InChI=1S/C18H20Cl2N2O/c1-13(22(2)12-15-8-4-6-10-17(15)20)18(23)21-11-14-7-3-5-9-16(14)19/h3-10,13H,11-12H2,1-2H3,(H,21,23). The van der Waals surface area contributed by atoms with Crippen molar-refractivity contribution in [3.63, 3.8) is 0 Å². The number of nitrogens with zero attached hydrogens (tertiary/aromatic N) is 1. The summed E-state index contributed by atoms with van der Waals surface area (Å²) in [4.78, 5) is 14.3. The van der Waals surface area contributed by atoms with E-state index < -0.39 is 0 Å². The number of halogens is 2. The van der Waals surface area contributed by atoms with Crippen molar-refractivity contribution >= 4 is 29.1 Å². The maximum Gasteiger partial charge on any atom is 0.237 e. The molecule has 2 rings (SSSR count). The summed E-state index contributed by atoms with van der Waals surface area (Å²) < 4.78 is 0. The van der Waals surface area contributed by atoms with Gasteiger partial charge in [0.05, 0.1) is 6.04 Å². The first-order valence-corrected chi connectivity index (χ1v) is 8.19. The van der Waals surface area contributed by atoms with Crippen molar-refractivity contribution in [1.82, 2.24) is 10.2 Å². The predicted molar refractivity (Wildman–Crippen MR) is 95.7 cm³/mol. The molecule has 0 heterocycles. The van der Waals surface area contributed by atoms with Gasteiger partial charge in [-0.2, -0.15) is 0 Å². The molecule has 0 aliphatic rings. The van der Waals surface area contributed by atoms with E-state index in [4.69, 9.17) is 23.2 Å². The van der Waals surface area contributed by atoms with Gasteiger partial charge in [-0.05, 0) is 37.2 Å². The van der Waals surface area contributed by atoms with Crippen molar-refractivity contribution in [1.29, 1.82) is 0 Å². The minimum Gasteiger partial charge on any atom is -0.351 e. The highest BCUT2D eigenvalue weighted by Gasteiger charge is 2.18. The van der Waals surface area contributed by atoms with Crippen molar-refractivity contribution in [2.45, 2.75) is 26.1 Å². The van der Waals surface area contributed by atoms with Gasteiger partial charge in [0, 0.05) is 23.1 Å². The Morgan fingerprint density at radius 3 is 2.13 bits per heavy atom. The summed E-state index contributed by atoms with van der Waals surface area (Å²) in [6.45, 7) is 2.90. The second kappa shape index (κ2) is 8.34. The summed E-state index contributed by atoms with van der Waals surface area (Å²) in [5, 5.41) is 4.29. The van der Waals surface area contributed by atoms with Crippen LogP contribution in [0.2, 0.25) is 10.0 Å². The molecule has 0 aromatic heterocycles. The normalized spacial score (nSPS) is 12.2. The number of rotatable bonds is 6. The van der Waals surface area contributed by atoms with E-state index in [9.17, 15) is 4.79 Å². The van der Waals surface area contributed by atoms with E-state index >= 15 is 0 Å². The number of hydrogen-bond donors (Lipinski definition) is 1. The molecule has 2 aromatic rings. The van der Waals surface area contributed by atoms with E-state index in [-0.39, 0.29) is 11.9 Å². The predicted octanol–water partition coefficient (Wildman–Crippen LogP) is 4.13. The van der Waals surface area contributed by atoms with E-state index in [2.05, 4.69) is 5.32 Å². The first kappa shape index (κ1) is 17.8. The van der Waals surface area contributed by atoms with Crippen LogP contribution in [0.5, 0.6) is 0 Å². The highest BCUT2D eigenvalue weighted by atomic mass is 35.5. The SMILES string of the molecule is CC(C(=O)NCc1ccccc1Cl)N(C)Cc1ccccc1Cl. The first-order valence-electron chi connectivity index (χ1n) is 7.44. The number of carbonyl (C=O) groups is 1. The molecule has 1 N–H and O–H groups in total. The van der Waals surface area contributed by atoms with Crippen molar-refractivity contribution in [3.05, 3.63) is 69.7 Å². The van der Waals surface area contributed by atoms with Crippen LogP contribution >= 0.6 is 23.2 Å². The summed E-state index contributed by atoms with van der Waals surface area (Å²) in [7, 11) is 1.91. The molecule has 0 bridgehead atoms. The zero-order valence-electron chi connectivity index (χ0n) is 13.2. The molecule has 122 valence electrons. The van der Waals surface area contributed by atoms with Crippen LogP contribution in [-0.4, -0.2) is 23.9 Å². The highest BCUT2D eigenvalue weighted by molar-refractivity contribution is 6.31. The lowest BCUT2D eigenvalue weighted by Gasteiger charge is -2.24. The quantitative estimate of drug-likeness (QED) is 0.849. The summed E-state index contributed by atoms with van der Waals surface area (Å²) >= 11 is 12.3. The molecule has 0 saturated heterocycles. The third-order valence-corrected chi connectivity index (χ3v) is 4.57. The Bertz CT molecular complexity index is 676. The van der Waals surface area contributed by atoms with Crippen LogP contribution in [0.15, 0.2) is 48.5 Å².